The Bertz CT molecular complexity index is 273. The molecule has 3 N–H and O–H groups in total. The topological polar surface area (TPSA) is 127 Å². The number of carbonyl (C=O) groups excluding carboxylic acids is 1. The van der Waals surface area contributed by atoms with Gasteiger partial charge in [-0.1, -0.05) is 0 Å². The van der Waals surface area contributed by atoms with Gasteiger partial charge in [-0.05, 0) is 19.1 Å². The molecule has 0 spiro atoms. The second-order valence-corrected chi connectivity index (χ2v) is 2.61. The molecule has 0 saturated carbocycles. The first-order chi connectivity index (χ1) is 6.49. The van der Waals surface area contributed by atoms with Gasteiger partial charge in [-0.3, -0.25) is 9.59 Å². The largest absolute Gasteiger partial charge is 0.480 e. The van der Waals surface area contributed by atoms with Crippen LogP contribution in [0, 0.1) is 0 Å². The summed E-state index contributed by atoms with van der Waals surface area (Å²) in [5.41, 5.74) is 10.1. The Kier molecular flexibility index (Phi) is 4.87. The second-order valence-electron chi connectivity index (χ2n) is 2.61. The zero-order chi connectivity index (χ0) is 11.1. The summed E-state index contributed by atoms with van der Waals surface area (Å²) in [4.78, 5) is 23.9. The first kappa shape index (κ1) is 12.0. The minimum absolute atomic E-state index is 0.549. The Balaban J connectivity index is 4.07. The van der Waals surface area contributed by atoms with E-state index < -0.39 is 24.0 Å². The lowest BCUT2D eigenvalue weighted by Gasteiger charge is -2.11. The van der Waals surface area contributed by atoms with E-state index in [1.165, 1.54) is 13.8 Å². The summed E-state index contributed by atoms with van der Waals surface area (Å²) in [6.45, 7) is 2.78. The van der Waals surface area contributed by atoms with Crippen LogP contribution in [0.5, 0.6) is 0 Å². The van der Waals surface area contributed by atoms with Gasteiger partial charge in [0.05, 0.1) is 0 Å². The molecule has 78 valence electrons. The Morgan fingerprint density at radius 3 is 2.43 bits per heavy atom. The van der Waals surface area contributed by atoms with E-state index in [4.69, 9.17) is 10.6 Å². The van der Waals surface area contributed by atoms with Crippen molar-refractivity contribution in [2.45, 2.75) is 25.9 Å². The molecule has 8 nitrogen and oxygen atoms in total. The Morgan fingerprint density at radius 1 is 1.43 bits per heavy atom. The molecule has 0 radical (unpaired) electrons. The van der Waals surface area contributed by atoms with E-state index in [0.717, 1.165) is 0 Å². The monoisotopic (exact) mass is 201 g/mol. The molecule has 0 aromatic carbocycles. The summed E-state index contributed by atoms with van der Waals surface area (Å²) in [6.07, 6.45) is 0. The number of amides is 1. The molecular formula is C6H11N5O3. The number of aliphatic carboxylic acids is 1. The number of carbonyl (C=O) groups is 2. The molecule has 0 aliphatic carbocycles. The van der Waals surface area contributed by atoms with E-state index in [1.54, 1.807) is 0 Å². The van der Waals surface area contributed by atoms with Gasteiger partial charge < -0.3 is 10.4 Å². The molecule has 14 heavy (non-hydrogen) atoms. The first-order valence-electron chi connectivity index (χ1n) is 3.81. The highest BCUT2D eigenvalue weighted by molar-refractivity contribution is 5.86. The standard InChI is InChI=1S/C6H11N5O3/c1-3(9-11-10-7)5(12)8-4(2)6(13)14/h3-4,9H,1-2H3,(H,8,12)(H,13,14)/t3-,4-/m1/s1. The lowest BCUT2D eigenvalue weighted by molar-refractivity contribution is -0.141. The molecule has 2 atom stereocenters. The average molecular weight is 201 g/mol. The van der Waals surface area contributed by atoms with Gasteiger partial charge in [0.15, 0.2) is 6.04 Å². The third kappa shape index (κ3) is 4.17. The zero-order valence-electron chi connectivity index (χ0n) is 7.76. The van der Waals surface area contributed by atoms with Crippen LogP contribution < -0.4 is 10.7 Å². The number of rotatable bonds is 5. The number of azide groups is 1. The van der Waals surface area contributed by atoms with Gasteiger partial charge in [0.25, 0.3) is 5.91 Å². The normalized spacial score (nSPS) is 13.3. The molecule has 0 unspecified atom stereocenters. The van der Waals surface area contributed by atoms with Gasteiger partial charge in [0.2, 0.25) is 0 Å². The highest BCUT2D eigenvalue weighted by atomic mass is 16.4. The fourth-order valence-corrected chi connectivity index (χ4v) is 0.571. The van der Waals surface area contributed by atoms with E-state index in [0.29, 0.717) is 0 Å². The smallest absolute Gasteiger partial charge is 0.325 e. The van der Waals surface area contributed by atoms with Gasteiger partial charge >= 0.3 is 5.97 Å². The summed E-state index contributed by atoms with van der Waals surface area (Å²) in [5, 5.41) is 13.6. The quantitative estimate of drug-likeness (QED) is 0.246. The maximum atomic E-state index is 11.1. The highest BCUT2D eigenvalue weighted by Crippen LogP contribution is 1.86. The maximum Gasteiger partial charge on any atom is 0.325 e. The van der Waals surface area contributed by atoms with Crippen molar-refractivity contribution in [2.75, 3.05) is 0 Å². The molecule has 0 fully saturated rings. The highest BCUT2D eigenvalue weighted by Gasteiger charge is 2.19. The predicted molar refractivity (Wildman–Crippen MR) is 47.0 cm³/mol. The van der Waals surface area contributed by atoms with Crippen LogP contribution in [0.1, 0.15) is 13.8 Å². The van der Waals surface area contributed by atoms with Crippen LogP contribution in [0.25, 0.3) is 10.4 Å². The fraction of sp³-hybridized carbons (Fsp3) is 0.667. The van der Waals surface area contributed by atoms with Gasteiger partial charge in [-0.2, -0.15) is 4.91 Å². The number of nitrogens with one attached hydrogen (secondary N) is 2. The molecule has 1 amide bonds. The van der Waals surface area contributed by atoms with E-state index in [1.807, 2.05) is 0 Å². The molecule has 0 saturated heterocycles. The van der Waals surface area contributed by atoms with Crippen LogP contribution >= 0.6 is 0 Å². The fourth-order valence-electron chi connectivity index (χ4n) is 0.571. The minimum Gasteiger partial charge on any atom is -0.480 e. The Morgan fingerprint density at radius 2 is 2.00 bits per heavy atom. The number of hydrogen-bond donors (Lipinski definition) is 3. The van der Waals surface area contributed by atoms with Gasteiger partial charge in [0, 0.05) is 0 Å². The van der Waals surface area contributed by atoms with Crippen LogP contribution in [0.4, 0.5) is 0 Å². The first-order valence-corrected chi connectivity index (χ1v) is 3.81. The molecule has 0 aliphatic rings. The predicted octanol–water partition coefficient (Wildman–Crippen LogP) is -0.221. The number of hydrogen-bond acceptors (Lipinski definition) is 3. The van der Waals surface area contributed by atoms with Crippen molar-refractivity contribution in [1.82, 2.24) is 10.7 Å². The maximum absolute atomic E-state index is 11.1. The number of nitrogens with zero attached hydrogens (tertiary/aromatic N) is 3. The average Bonchev–Trinajstić information content (AvgIpc) is 2.13. The molecule has 0 aromatic rings. The van der Waals surface area contributed by atoms with E-state index >= 15 is 0 Å². The molecule has 0 aliphatic heterocycles. The van der Waals surface area contributed by atoms with Gasteiger partial charge in [-0.15, -0.1) is 5.53 Å². The zero-order valence-corrected chi connectivity index (χ0v) is 7.76. The van der Waals surface area contributed by atoms with Crippen molar-refractivity contribution in [1.29, 1.82) is 0 Å². The van der Waals surface area contributed by atoms with Gasteiger partial charge in [0.1, 0.15) is 6.04 Å². The van der Waals surface area contributed by atoms with Crippen LogP contribution in [-0.4, -0.2) is 29.1 Å². The van der Waals surface area contributed by atoms with Crippen molar-refractivity contribution < 1.29 is 14.7 Å². The number of carboxylic acids is 1. The molecular weight excluding hydrogens is 190 g/mol. The second kappa shape index (κ2) is 5.65. The SMILES string of the molecule is C[C@@H](NC(=O)[C@@H](C)NN=[N+]=[N-])C(=O)O. The number of carboxylic acid groups (broad SMARTS) is 1. The van der Waals surface area contributed by atoms with Crippen molar-refractivity contribution >= 4 is 11.9 Å². The van der Waals surface area contributed by atoms with Crippen molar-refractivity contribution in [3.63, 3.8) is 0 Å². The van der Waals surface area contributed by atoms with E-state index in [2.05, 4.69) is 20.9 Å². The van der Waals surface area contributed by atoms with Crippen molar-refractivity contribution in [3.8, 4) is 0 Å². The molecule has 0 rings (SSSR count). The van der Waals surface area contributed by atoms with Crippen molar-refractivity contribution in [3.05, 3.63) is 10.4 Å². The summed E-state index contributed by atoms with van der Waals surface area (Å²) in [6, 6.07) is -1.74. The van der Waals surface area contributed by atoms with E-state index in [9.17, 15) is 9.59 Å². The summed E-state index contributed by atoms with van der Waals surface area (Å²) < 4.78 is 0. The molecule has 0 aromatic heterocycles. The lowest BCUT2D eigenvalue weighted by atomic mass is 10.3. The van der Waals surface area contributed by atoms with E-state index in [-0.39, 0.29) is 0 Å². The van der Waals surface area contributed by atoms with Crippen LogP contribution in [-0.2, 0) is 9.59 Å². The van der Waals surface area contributed by atoms with Crippen molar-refractivity contribution in [2.24, 2.45) is 5.22 Å². The molecule has 0 bridgehead atoms. The molecule has 0 heterocycles. The van der Waals surface area contributed by atoms with Crippen LogP contribution in [0.3, 0.4) is 0 Å². The minimum atomic E-state index is -1.13. The summed E-state index contributed by atoms with van der Waals surface area (Å²) >= 11 is 0. The molecule has 8 heteroatoms. The van der Waals surface area contributed by atoms with Crippen LogP contribution in [0.15, 0.2) is 5.22 Å². The third-order valence-corrected chi connectivity index (χ3v) is 1.42. The Labute approximate surface area is 79.9 Å². The third-order valence-electron chi connectivity index (χ3n) is 1.42. The van der Waals surface area contributed by atoms with Crippen LogP contribution in [0.2, 0.25) is 0 Å². The Hall–Kier alpha value is -1.95. The van der Waals surface area contributed by atoms with Gasteiger partial charge in [-0.25, -0.2) is 5.43 Å². The lowest BCUT2D eigenvalue weighted by Crippen LogP contribution is -2.46. The summed E-state index contributed by atoms with van der Waals surface area (Å²) in [5.74, 6) is -1.68. The summed E-state index contributed by atoms with van der Waals surface area (Å²) in [7, 11) is 0.